The quantitative estimate of drug-likeness (QED) is 0.553. The normalized spacial score (nSPS) is 13.8. The van der Waals surface area contributed by atoms with Gasteiger partial charge in [-0.15, -0.1) is 0 Å². The van der Waals surface area contributed by atoms with Gasteiger partial charge in [0.05, 0.1) is 0 Å². The minimum Gasteiger partial charge on any atom is -0.315 e. The lowest BCUT2D eigenvalue weighted by Gasteiger charge is -2.25. The van der Waals surface area contributed by atoms with Crippen molar-refractivity contribution in [2.75, 3.05) is 6.26 Å². The van der Waals surface area contributed by atoms with Crippen LogP contribution in [0.25, 0.3) is 11.1 Å². The number of benzene rings is 1. The number of aromatic nitrogens is 1. The van der Waals surface area contributed by atoms with Gasteiger partial charge < -0.3 is 4.57 Å². The second-order valence-electron chi connectivity index (χ2n) is 6.27. The highest BCUT2D eigenvalue weighted by Gasteiger charge is 2.43. The van der Waals surface area contributed by atoms with E-state index in [1.54, 1.807) is 0 Å². The summed E-state index contributed by atoms with van der Waals surface area (Å²) in [5, 5.41) is 9.10. The third kappa shape index (κ3) is 4.37. The van der Waals surface area contributed by atoms with Crippen LogP contribution in [-0.4, -0.2) is 35.1 Å². The first-order valence-electron chi connectivity index (χ1n) is 7.79. The summed E-state index contributed by atoms with van der Waals surface area (Å²) in [7, 11) is -3.87. The van der Waals surface area contributed by atoms with Crippen LogP contribution in [0.15, 0.2) is 41.3 Å². The van der Waals surface area contributed by atoms with E-state index in [0.29, 0.717) is 11.1 Å². The molecular formula is C17H18ClFN2O5S. The third-order valence-corrected chi connectivity index (χ3v) is 6.82. The standard InChI is InChI=1S/C17H18ClFN2O5S/c1-17(16(23)20-24,27(2,25)26)6-8-21-7-5-11(9-15(21)22)13-10-12(19)3-4-14(13)18/h3-5,7,9-10,24H,6,8H2,1-2H3,(H,20,23)/t17-/m1/s1. The van der Waals surface area contributed by atoms with E-state index in [-0.39, 0.29) is 18.0 Å². The molecule has 2 aromatic rings. The molecule has 0 bridgehead atoms. The minimum atomic E-state index is -3.87. The molecule has 0 aliphatic rings. The summed E-state index contributed by atoms with van der Waals surface area (Å²) in [6.07, 6.45) is 2.04. The summed E-state index contributed by atoms with van der Waals surface area (Å²) in [5.74, 6) is -1.58. The van der Waals surface area contributed by atoms with Crippen molar-refractivity contribution in [3.05, 3.63) is 57.7 Å². The zero-order chi connectivity index (χ0) is 20.4. The van der Waals surface area contributed by atoms with Crippen molar-refractivity contribution in [2.24, 2.45) is 0 Å². The topological polar surface area (TPSA) is 105 Å². The van der Waals surface area contributed by atoms with Gasteiger partial charge in [0.2, 0.25) is 0 Å². The number of amides is 1. The highest BCUT2D eigenvalue weighted by atomic mass is 35.5. The first kappa shape index (κ1) is 21.1. The molecule has 0 spiro atoms. The molecule has 0 unspecified atom stereocenters. The molecule has 1 aromatic heterocycles. The van der Waals surface area contributed by atoms with Gasteiger partial charge in [0.1, 0.15) is 5.82 Å². The second kappa shape index (κ2) is 7.79. The van der Waals surface area contributed by atoms with Gasteiger partial charge >= 0.3 is 0 Å². The van der Waals surface area contributed by atoms with Crippen LogP contribution in [0.4, 0.5) is 4.39 Å². The van der Waals surface area contributed by atoms with Crippen LogP contribution < -0.4 is 11.0 Å². The van der Waals surface area contributed by atoms with E-state index < -0.39 is 31.9 Å². The van der Waals surface area contributed by atoms with Crippen molar-refractivity contribution < 1.29 is 22.8 Å². The SMILES string of the molecule is C[C@@](CCn1ccc(-c2cc(F)ccc2Cl)cc1=O)(C(=O)NO)S(C)(=O)=O. The van der Waals surface area contributed by atoms with Crippen molar-refractivity contribution in [2.45, 2.75) is 24.6 Å². The van der Waals surface area contributed by atoms with Crippen molar-refractivity contribution in [1.29, 1.82) is 0 Å². The Morgan fingerprint density at radius 2 is 2.00 bits per heavy atom. The number of hydrogen-bond acceptors (Lipinski definition) is 5. The Hall–Kier alpha value is -2.23. The lowest BCUT2D eigenvalue weighted by atomic mass is 10.1. The molecule has 1 heterocycles. The number of sulfone groups is 1. The van der Waals surface area contributed by atoms with E-state index in [9.17, 15) is 22.4 Å². The van der Waals surface area contributed by atoms with Crippen molar-refractivity contribution >= 4 is 27.3 Å². The maximum Gasteiger partial charge on any atom is 0.264 e. The van der Waals surface area contributed by atoms with Gasteiger partial charge in [-0.05, 0) is 43.2 Å². The van der Waals surface area contributed by atoms with E-state index >= 15 is 0 Å². The molecule has 0 aliphatic carbocycles. The second-order valence-corrected chi connectivity index (χ2v) is 9.12. The van der Waals surface area contributed by atoms with Crippen molar-refractivity contribution in [3.8, 4) is 11.1 Å². The van der Waals surface area contributed by atoms with Crippen molar-refractivity contribution in [1.82, 2.24) is 10.0 Å². The summed E-state index contributed by atoms with van der Waals surface area (Å²) in [5.41, 5.74) is 1.62. The molecule has 7 nitrogen and oxygen atoms in total. The molecule has 0 saturated carbocycles. The van der Waals surface area contributed by atoms with E-state index in [1.807, 2.05) is 0 Å². The Bertz CT molecular complexity index is 1040. The number of hydroxylamine groups is 1. The molecule has 27 heavy (non-hydrogen) atoms. The number of aryl methyl sites for hydroxylation is 1. The van der Waals surface area contributed by atoms with Gasteiger partial charge in [-0.1, -0.05) is 11.6 Å². The van der Waals surface area contributed by atoms with Crippen LogP contribution in [0.2, 0.25) is 5.02 Å². The molecule has 146 valence electrons. The first-order valence-corrected chi connectivity index (χ1v) is 10.1. The number of nitrogens with zero attached hydrogens (tertiary/aromatic N) is 1. The van der Waals surface area contributed by atoms with Crippen LogP contribution >= 0.6 is 11.6 Å². The van der Waals surface area contributed by atoms with E-state index in [4.69, 9.17) is 16.8 Å². The molecule has 1 atom stereocenters. The number of carbonyl (C=O) groups is 1. The fourth-order valence-corrected chi connectivity index (χ4v) is 3.57. The largest absolute Gasteiger partial charge is 0.315 e. The first-order chi connectivity index (χ1) is 12.5. The Balaban J connectivity index is 2.33. The molecule has 0 saturated heterocycles. The summed E-state index contributed by atoms with van der Waals surface area (Å²) >= 11 is 6.03. The van der Waals surface area contributed by atoms with Gasteiger partial charge in [-0.2, -0.15) is 0 Å². The van der Waals surface area contributed by atoms with Crippen molar-refractivity contribution in [3.63, 3.8) is 0 Å². The van der Waals surface area contributed by atoms with Crippen LogP contribution in [0.1, 0.15) is 13.3 Å². The Morgan fingerprint density at radius 1 is 1.33 bits per heavy atom. The van der Waals surface area contributed by atoms with E-state index in [0.717, 1.165) is 6.26 Å². The number of rotatable bonds is 6. The molecule has 2 N–H and O–H groups in total. The smallest absolute Gasteiger partial charge is 0.264 e. The fourth-order valence-electron chi connectivity index (χ4n) is 2.50. The van der Waals surface area contributed by atoms with E-state index in [1.165, 1.54) is 53.5 Å². The molecule has 0 aliphatic heterocycles. The molecule has 10 heteroatoms. The Morgan fingerprint density at radius 3 is 2.56 bits per heavy atom. The number of carbonyl (C=O) groups excluding carboxylic acids is 1. The third-order valence-electron chi connectivity index (χ3n) is 4.47. The lowest BCUT2D eigenvalue weighted by molar-refractivity contribution is -0.131. The van der Waals surface area contributed by atoms with Crippen LogP contribution in [-0.2, 0) is 21.2 Å². The highest BCUT2D eigenvalue weighted by molar-refractivity contribution is 7.92. The van der Waals surface area contributed by atoms with Gasteiger partial charge in [-0.25, -0.2) is 18.3 Å². The predicted octanol–water partition coefficient (Wildman–Crippen LogP) is 2.01. The summed E-state index contributed by atoms with van der Waals surface area (Å²) in [6, 6.07) is 6.55. The zero-order valence-electron chi connectivity index (χ0n) is 14.6. The Kier molecular flexibility index (Phi) is 6.08. The summed E-state index contributed by atoms with van der Waals surface area (Å²) in [6.45, 7) is 1.08. The summed E-state index contributed by atoms with van der Waals surface area (Å²) < 4.78 is 36.6. The molecule has 2 rings (SSSR count). The monoisotopic (exact) mass is 416 g/mol. The highest BCUT2D eigenvalue weighted by Crippen LogP contribution is 2.28. The molecule has 1 aromatic carbocycles. The maximum atomic E-state index is 13.4. The average molecular weight is 417 g/mol. The average Bonchev–Trinajstić information content (AvgIpc) is 2.60. The summed E-state index contributed by atoms with van der Waals surface area (Å²) in [4.78, 5) is 24.2. The van der Waals surface area contributed by atoms with Crippen LogP contribution in [0.5, 0.6) is 0 Å². The number of halogens is 2. The van der Waals surface area contributed by atoms with Gasteiger partial charge in [0.15, 0.2) is 14.6 Å². The van der Waals surface area contributed by atoms with Gasteiger partial charge in [0, 0.05) is 35.6 Å². The number of hydrogen-bond donors (Lipinski definition) is 2. The molecule has 0 radical (unpaired) electrons. The maximum absolute atomic E-state index is 13.4. The molecule has 1 amide bonds. The van der Waals surface area contributed by atoms with E-state index in [2.05, 4.69) is 0 Å². The number of pyridine rings is 1. The molecule has 0 fully saturated rings. The molecular weight excluding hydrogens is 399 g/mol. The van der Waals surface area contributed by atoms with Gasteiger partial charge in [-0.3, -0.25) is 14.8 Å². The fraction of sp³-hybridized carbons (Fsp3) is 0.294. The minimum absolute atomic E-state index is 0.0903. The Labute approximate surface area is 160 Å². The van der Waals surface area contributed by atoms with Crippen LogP contribution in [0.3, 0.4) is 0 Å². The van der Waals surface area contributed by atoms with Crippen LogP contribution in [0, 0.1) is 5.82 Å². The lowest BCUT2D eigenvalue weighted by Crippen LogP contribution is -2.49. The van der Waals surface area contributed by atoms with Gasteiger partial charge in [0.25, 0.3) is 11.5 Å². The number of nitrogens with one attached hydrogen (secondary N) is 1. The predicted molar refractivity (Wildman–Crippen MR) is 98.9 cm³/mol. The zero-order valence-corrected chi connectivity index (χ0v) is 16.1.